The van der Waals surface area contributed by atoms with Crippen LogP contribution in [-0.4, -0.2) is 54.6 Å². The molecule has 0 radical (unpaired) electrons. The van der Waals surface area contributed by atoms with E-state index >= 15 is 0 Å². The molecule has 2 heterocycles. The molecule has 1 saturated heterocycles. The topological polar surface area (TPSA) is 44.3 Å². The minimum atomic E-state index is 0.465. The van der Waals surface area contributed by atoms with E-state index in [9.17, 15) is 0 Å². The molecule has 0 saturated carbocycles. The maximum absolute atomic E-state index is 4.69. The van der Waals surface area contributed by atoms with Gasteiger partial charge in [0.05, 0.1) is 11.9 Å². The van der Waals surface area contributed by atoms with E-state index in [-0.39, 0.29) is 0 Å². The van der Waals surface area contributed by atoms with Crippen molar-refractivity contribution in [2.45, 2.75) is 32.9 Å². The molecule has 1 aliphatic heterocycles. The molecule has 0 aromatic carbocycles. The Morgan fingerprint density at radius 3 is 2.90 bits per heavy atom. The Balaban J connectivity index is 1.92. The number of rotatable bonds is 6. The van der Waals surface area contributed by atoms with Crippen LogP contribution in [0.15, 0.2) is 12.4 Å². The van der Waals surface area contributed by atoms with Crippen molar-refractivity contribution in [3.8, 4) is 0 Å². The molecule has 2 rings (SSSR count). The number of nitrogens with one attached hydrogen (secondary N) is 1. The van der Waals surface area contributed by atoms with Crippen molar-refractivity contribution < 1.29 is 0 Å². The van der Waals surface area contributed by atoms with E-state index in [0.29, 0.717) is 6.04 Å². The van der Waals surface area contributed by atoms with Gasteiger partial charge in [-0.2, -0.15) is 0 Å². The monoisotopic (exact) mass is 277 g/mol. The molecule has 1 atom stereocenters. The van der Waals surface area contributed by atoms with Crippen LogP contribution < -0.4 is 10.2 Å². The molecule has 1 aromatic rings. The minimum absolute atomic E-state index is 0.465. The third-order valence-electron chi connectivity index (χ3n) is 3.78. The van der Waals surface area contributed by atoms with Gasteiger partial charge in [0.25, 0.3) is 0 Å². The summed E-state index contributed by atoms with van der Waals surface area (Å²) in [5, 5.41) is 3.38. The minimum Gasteiger partial charge on any atom is -0.358 e. The number of anilines is 1. The fourth-order valence-electron chi connectivity index (χ4n) is 2.63. The van der Waals surface area contributed by atoms with Gasteiger partial charge in [0.2, 0.25) is 0 Å². The smallest absolute Gasteiger partial charge is 0.147 e. The number of nitrogens with zero attached hydrogens (tertiary/aromatic N) is 4. The van der Waals surface area contributed by atoms with Crippen LogP contribution in [-0.2, 0) is 6.54 Å². The number of likely N-dealkylation sites (tertiary alicyclic amines) is 1. The van der Waals surface area contributed by atoms with Gasteiger partial charge >= 0.3 is 0 Å². The Kier molecular flexibility index (Phi) is 5.31. The van der Waals surface area contributed by atoms with Crippen LogP contribution in [0, 0.1) is 5.92 Å². The molecule has 0 bridgehead atoms. The Labute approximate surface area is 122 Å². The highest BCUT2D eigenvalue weighted by Crippen LogP contribution is 2.18. The predicted molar refractivity (Wildman–Crippen MR) is 82.9 cm³/mol. The lowest BCUT2D eigenvalue weighted by Gasteiger charge is -2.22. The normalized spacial score (nSPS) is 19.8. The van der Waals surface area contributed by atoms with Crippen LogP contribution in [0.2, 0.25) is 0 Å². The summed E-state index contributed by atoms with van der Waals surface area (Å²) < 4.78 is 0. The van der Waals surface area contributed by atoms with Crippen molar-refractivity contribution in [2.75, 3.05) is 38.6 Å². The summed E-state index contributed by atoms with van der Waals surface area (Å²) >= 11 is 0. The number of hydrogen-bond acceptors (Lipinski definition) is 5. The summed E-state index contributed by atoms with van der Waals surface area (Å²) in [6, 6.07) is 0.465. The lowest BCUT2D eigenvalue weighted by Crippen LogP contribution is -2.28. The molecule has 1 aromatic heterocycles. The van der Waals surface area contributed by atoms with Gasteiger partial charge in [-0.25, -0.2) is 4.98 Å². The van der Waals surface area contributed by atoms with Crippen molar-refractivity contribution in [1.82, 2.24) is 20.2 Å². The first-order chi connectivity index (χ1) is 9.54. The summed E-state index contributed by atoms with van der Waals surface area (Å²) in [6.45, 7) is 8.51. The number of aromatic nitrogens is 2. The Morgan fingerprint density at radius 1 is 1.45 bits per heavy atom. The summed E-state index contributed by atoms with van der Waals surface area (Å²) in [5.74, 6) is 1.71. The van der Waals surface area contributed by atoms with Crippen LogP contribution in [0.3, 0.4) is 0 Å². The highest BCUT2D eigenvalue weighted by molar-refractivity contribution is 5.35. The average molecular weight is 277 g/mol. The van der Waals surface area contributed by atoms with Gasteiger partial charge < -0.3 is 15.1 Å². The van der Waals surface area contributed by atoms with Crippen LogP contribution in [0.5, 0.6) is 0 Å². The summed E-state index contributed by atoms with van der Waals surface area (Å²) in [4.78, 5) is 13.6. The molecular weight excluding hydrogens is 250 g/mol. The van der Waals surface area contributed by atoms with E-state index in [0.717, 1.165) is 30.5 Å². The largest absolute Gasteiger partial charge is 0.358 e. The van der Waals surface area contributed by atoms with Gasteiger partial charge in [-0.1, -0.05) is 13.8 Å². The van der Waals surface area contributed by atoms with Crippen LogP contribution in [0.4, 0.5) is 5.82 Å². The zero-order chi connectivity index (χ0) is 14.5. The molecule has 0 aliphatic carbocycles. The van der Waals surface area contributed by atoms with E-state index in [1.165, 1.54) is 19.5 Å². The Morgan fingerprint density at radius 2 is 2.25 bits per heavy atom. The zero-order valence-corrected chi connectivity index (χ0v) is 13.1. The summed E-state index contributed by atoms with van der Waals surface area (Å²) in [6.07, 6.45) is 4.98. The molecule has 5 nitrogen and oxygen atoms in total. The van der Waals surface area contributed by atoms with Crippen molar-refractivity contribution in [3.05, 3.63) is 18.1 Å². The van der Waals surface area contributed by atoms with Crippen molar-refractivity contribution in [3.63, 3.8) is 0 Å². The SMILES string of the molecule is CC(C)NCc1cncc(N(C)CC2CCN(C)C2)n1. The quantitative estimate of drug-likeness (QED) is 0.850. The van der Waals surface area contributed by atoms with Gasteiger partial charge in [0, 0.05) is 38.9 Å². The average Bonchev–Trinajstić information content (AvgIpc) is 2.82. The summed E-state index contributed by atoms with van der Waals surface area (Å²) in [5.41, 5.74) is 1.01. The first-order valence-electron chi connectivity index (χ1n) is 7.48. The van der Waals surface area contributed by atoms with Crippen molar-refractivity contribution >= 4 is 5.82 Å². The standard InChI is InChI=1S/C15H27N5/c1-12(2)17-8-14-7-16-9-15(18-14)20(4)11-13-5-6-19(3)10-13/h7,9,12-13,17H,5-6,8,10-11H2,1-4H3. The second kappa shape index (κ2) is 6.99. The van der Waals surface area contributed by atoms with E-state index in [1.807, 2.05) is 12.4 Å². The Hall–Kier alpha value is -1.20. The fraction of sp³-hybridized carbons (Fsp3) is 0.733. The molecule has 1 aliphatic rings. The van der Waals surface area contributed by atoms with Gasteiger partial charge in [-0.05, 0) is 25.9 Å². The second-order valence-corrected chi connectivity index (χ2v) is 6.20. The lowest BCUT2D eigenvalue weighted by atomic mass is 10.1. The first kappa shape index (κ1) is 15.2. The lowest BCUT2D eigenvalue weighted by molar-refractivity contribution is 0.395. The fourth-order valence-corrected chi connectivity index (χ4v) is 2.63. The van der Waals surface area contributed by atoms with Gasteiger partial charge in [0.15, 0.2) is 0 Å². The molecule has 1 N–H and O–H groups in total. The summed E-state index contributed by atoms with van der Waals surface area (Å²) in [7, 11) is 4.31. The highest BCUT2D eigenvalue weighted by Gasteiger charge is 2.21. The second-order valence-electron chi connectivity index (χ2n) is 6.20. The van der Waals surface area contributed by atoms with E-state index < -0.39 is 0 Å². The van der Waals surface area contributed by atoms with Crippen LogP contribution in [0.1, 0.15) is 26.0 Å². The van der Waals surface area contributed by atoms with Gasteiger partial charge in [0.1, 0.15) is 5.82 Å². The van der Waals surface area contributed by atoms with E-state index in [4.69, 9.17) is 4.98 Å². The third-order valence-corrected chi connectivity index (χ3v) is 3.78. The molecule has 20 heavy (non-hydrogen) atoms. The maximum Gasteiger partial charge on any atom is 0.147 e. The van der Waals surface area contributed by atoms with Crippen molar-refractivity contribution in [1.29, 1.82) is 0 Å². The molecule has 0 amide bonds. The molecule has 5 heteroatoms. The van der Waals surface area contributed by atoms with Gasteiger partial charge in [-0.3, -0.25) is 4.98 Å². The number of hydrogen-bond donors (Lipinski definition) is 1. The Bertz CT molecular complexity index is 420. The van der Waals surface area contributed by atoms with Crippen LogP contribution in [0.25, 0.3) is 0 Å². The molecule has 1 fully saturated rings. The zero-order valence-electron chi connectivity index (χ0n) is 13.1. The highest BCUT2D eigenvalue weighted by atomic mass is 15.2. The van der Waals surface area contributed by atoms with E-state index in [1.54, 1.807) is 0 Å². The maximum atomic E-state index is 4.69. The molecule has 0 spiro atoms. The first-order valence-corrected chi connectivity index (χ1v) is 7.48. The molecular formula is C15H27N5. The predicted octanol–water partition coefficient (Wildman–Crippen LogP) is 1.36. The molecule has 1 unspecified atom stereocenters. The van der Waals surface area contributed by atoms with Crippen LogP contribution >= 0.6 is 0 Å². The van der Waals surface area contributed by atoms with E-state index in [2.05, 4.69) is 48.0 Å². The van der Waals surface area contributed by atoms with Crippen molar-refractivity contribution in [2.24, 2.45) is 5.92 Å². The third kappa shape index (κ3) is 4.42. The van der Waals surface area contributed by atoms with Gasteiger partial charge in [-0.15, -0.1) is 0 Å². The molecule has 112 valence electrons.